The summed E-state index contributed by atoms with van der Waals surface area (Å²) >= 11 is 6.16. The van der Waals surface area contributed by atoms with E-state index in [9.17, 15) is 9.90 Å². The first-order chi connectivity index (χ1) is 15.4. The van der Waals surface area contributed by atoms with Crippen LogP contribution in [0.1, 0.15) is 55.8 Å². The number of aliphatic hydroxyl groups is 1. The number of piperidine rings is 1. The maximum atomic E-state index is 13.0. The van der Waals surface area contributed by atoms with E-state index in [1.165, 1.54) is 32.1 Å². The van der Waals surface area contributed by atoms with Crippen molar-refractivity contribution in [3.05, 3.63) is 34.9 Å². The number of halogens is 1. The van der Waals surface area contributed by atoms with Crippen molar-refractivity contribution in [3.8, 4) is 0 Å². The standard InChI is InChI=1S/C24H34ClN5O2/c1-15(26)27-24(32)20-12-16-11-18(25)7-8-21(16)29-23(20)30-10-9-22(17(13-30)14-31)28-19-5-3-2-4-6-19/h7-8,11-12,15,17,19,22,28,31H,2-6,9-10,13-14,26H2,1H3,(H,27,32). The molecule has 8 heteroatoms. The fraction of sp³-hybridized carbons (Fsp3) is 0.583. The molecule has 0 spiro atoms. The Kier molecular flexibility index (Phi) is 7.51. The van der Waals surface area contributed by atoms with Gasteiger partial charge in [-0.05, 0) is 50.5 Å². The number of pyridine rings is 1. The number of anilines is 1. The average molecular weight is 460 g/mol. The molecule has 0 bridgehead atoms. The first-order valence-corrected chi connectivity index (χ1v) is 12.1. The van der Waals surface area contributed by atoms with Gasteiger partial charge in [0.15, 0.2) is 0 Å². The predicted molar refractivity (Wildman–Crippen MR) is 129 cm³/mol. The number of hydrogen-bond acceptors (Lipinski definition) is 6. The van der Waals surface area contributed by atoms with Crippen LogP contribution in [0.25, 0.3) is 10.9 Å². The highest BCUT2D eigenvalue weighted by Gasteiger charge is 2.33. The maximum Gasteiger partial charge on any atom is 0.256 e. The van der Waals surface area contributed by atoms with Gasteiger partial charge in [-0.15, -0.1) is 0 Å². The first kappa shape index (κ1) is 23.2. The number of benzene rings is 1. The normalized spacial score (nSPS) is 23.3. The summed E-state index contributed by atoms with van der Waals surface area (Å²) in [5.74, 6) is 0.456. The third-order valence-corrected chi connectivity index (χ3v) is 6.92. The van der Waals surface area contributed by atoms with E-state index in [1.807, 2.05) is 18.2 Å². The van der Waals surface area contributed by atoms with Gasteiger partial charge in [-0.3, -0.25) is 4.79 Å². The van der Waals surface area contributed by atoms with Gasteiger partial charge in [0.1, 0.15) is 5.82 Å². The van der Waals surface area contributed by atoms with Crippen molar-refractivity contribution in [3.63, 3.8) is 0 Å². The van der Waals surface area contributed by atoms with Crippen LogP contribution in [-0.4, -0.2) is 53.9 Å². The number of fused-ring (bicyclic) bond motifs is 1. The Bertz CT molecular complexity index is 947. The van der Waals surface area contributed by atoms with Crippen molar-refractivity contribution >= 4 is 34.2 Å². The molecule has 32 heavy (non-hydrogen) atoms. The highest BCUT2D eigenvalue weighted by Crippen LogP contribution is 2.30. The number of carbonyl (C=O) groups is 1. The largest absolute Gasteiger partial charge is 0.396 e. The van der Waals surface area contributed by atoms with Crippen molar-refractivity contribution in [2.75, 3.05) is 24.6 Å². The SMILES string of the molecule is CC(N)NC(=O)c1cc2cc(Cl)ccc2nc1N1CCC(NC2CCCCC2)C(CO)C1. The highest BCUT2D eigenvalue weighted by molar-refractivity contribution is 6.31. The van der Waals surface area contributed by atoms with Crippen LogP contribution in [-0.2, 0) is 0 Å². The third kappa shape index (κ3) is 5.34. The van der Waals surface area contributed by atoms with Gasteiger partial charge >= 0.3 is 0 Å². The minimum atomic E-state index is -0.471. The van der Waals surface area contributed by atoms with Crippen LogP contribution >= 0.6 is 11.6 Å². The van der Waals surface area contributed by atoms with E-state index in [0.717, 1.165) is 23.9 Å². The van der Waals surface area contributed by atoms with Gasteiger partial charge in [-0.2, -0.15) is 0 Å². The van der Waals surface area contributed by atoms with Gasteiger partial charge in [0, 0.05) is 48.1 Å². The van der Waals surface area contributed by atoms with Crippen LogP contribution < -0.4 is 21.3 Å². The molecular formula is C24H34ClN5O2. The summed E-state index contributed by atoms with van der Waals surface area (Å²) in [5, 5.41) is 18.2. The number of amides is 1. The lowest BCUT2D eigenvalue weighted by atomic mass is 9.89. The van der Waals surface area contributed by atoms with E-state index in [4.69, 9.17) is 22.3 Å². The van der Waals surface area contributed by atoms with Crippen LogP contribution in [0, 0.1) is 5.92 Å². The van der Waals surface area contributed by atoms with Crippen molar-refractivity contribution in [2.24, 2.45) is 11.7 Å². The second-order valence-corrected chi connectivity index (χ2v) is 9.68. The van der Waals surface area contributed by atoms with E-state index >= 15 is 0 Å². The van der Waals surface area contributed by atoms with E-state index in [-0.39, 0.29) is 24.5 Å². The second-order valence-electron chi connectivity index (χ2n) is 9.24. The van der Waals surface area contributed by atoms with Gasteiger partial charge < -0.3 is 26.4 Å². The number of aromatic nitrogens is 1. The average Bonchev–Trinajstić information content (AvgIpc) is 2.78. The third-order valence-electron chi connectivity index (χ3n) is 6.68. The fourth-order valence-corrected chi connectivity index (χ4v) is 5.21. The molecule has 3 atom stereocenters. The molecule has 1 amide bonds. The van der Waals surface area contributed by atoms with Crippen LogP contribution in [0.4, 0.5) is 5.82 Å². The van der Waals surface area contributed by atoms with Gasteiger partial charge in [0.25, 0.3) is 5.91 Å². The van der Waals surface area contributed by atoms with Crippen molar-refractivity contribution in [1.82, 2.24) is 15.6 Å². The number of carbonyl (C=O) groups excluding carboxylic acids is 1. The minimum Gasteiger partial charge on any atom is -0.396 e. The second kappa shape index (κ2) is 10.3. The van der Waals surface area contributed by atoms with E-state index in [0.29, 0.717) is 29.0 Å². The summed E-state index contributed by atoms with van der Waals surface area (Å²) in [7, 11) is 0. The summed E-state index contributed by atoms with van der Waals surface area (Å²) in [5.41, 5.74) is 7.08. The Morgan fingerprint density at radius 1 is 1.28 bits per heavy atom. The zero-order valence-corrected chi connectivity index (χ0v) is 19.4. The van der Waals surface area contributed by atoms with E-state index in [2.05, 4.69) is 15.5 Å². The van der Waals surface area contributed by atoms with Gasteiger partial charge in [-0.1, -0.05) is 30.9 Å². The monoisotopic (exact) mass is 459 g/mol. The molecule has 0 radical (unpaired) electrons. The van der Waals surface area contributed by atoms with Crippen LogP contribution in [0.2, 0.25) is 5.02 Å². The fourth-order valence-electron chi connectivity index (χ4n) is 5.03. The molecule has 1 aromatic heterocycles. The molecule has 1 aromatic carbocycles. The summed E-state index contributed by atoms with van der Waals surface area (Å²) in [6.45, 7) is 3.25. The number of hydrogen-bond donors (Lipinski definition) is 4. The lowest BCUT2D eigenvalue weighted by molar-refractivity contribution is 0.0941. The minimum absolute atomic E-state index is 0.0812. The quantitative estimate of drug-likeness (QED) is 0.495. The summed E-state index contributed by atoms with van der Waals surface area (Å²) in [4.78, 5) is 19.9. The molecule has 3 unspecified atom stereocenters. The Hall–Kier alpha value is -1.93. The molecule has 2 aliphatic rings. The van der Waals surface area contributed by atoms with Crippen molar-refractivity contribution in [1.29, 1.82) is 0 Å². The summed E-state index contributed by atoms with van der Waals surface area (Å²) < 4.78 is 0. The highest BCUT2D eigenvalue weighted by atomic mass is 35.5. The molecule has 5 N–H and O–H groups in total. The Balaban J connectivity index is 1.60. The molecule has 4 rings (SSSR count). The molecule has 7 nitrogen and oxygen atoms in total. The number of nitrogens with one attached hydrogen (secondary N) is 2. The Morgan fingerprint density at radius 2 is 2.06 bits per heavy atom. The topological polar surface area (TPSA) is 104 Å². The summed E-state index contributed by atoms with van der Waals surface area (Å²) in [6, 6.07) is 8.15. The van der Waals surface area contributed by atoms with Gasteiger partial charge in [-0.25, -0.2) is 4.98 Å². The van der Waals surface area contributed by atoms with E-state index in [1.54, 1.807) is 13.0 Å². The summed E-state index contributed by atoms with van der Waals surface area (Å²) in [6.07, 6.45) is 6.75. The number of aliphatic hydroxyl groups excluding tert-OH is 1. The molecule has 1 saturated heterocycles. The molecule has 1 aliphatic heterocycles. The lowest BCUT2D eigenvalue weighted by Gasteiger charge is -2.41. The van der Waals surface area contributed by atoms with Gasteiger partial charge in [0.2, 0.25) is 0 Å². The Morgan fingerprint density at radius 3 is 2.78 bits per heavy atom. The van der Waals surface area contributed by atoms with Crippen LogP contribution in [0.3, 0.4) is 0 Å². The molecular weight excluding hydrogens is 426 g/mol. The Labute approximate surface area is 194 Å². The van der Waals surface area contributed by atoms with Crippen molar-refractivity contribution in [2.45, 2.75) is 63.7 Å². The molecule has 1 saturated carbocycles. The zero-order valence-electron chi connectivity index (χ0n) is 18.7. The zero-order chi connectivity index (χ0) is 22.7. The number of nitrogens with two attached hydrogens (primary N) is 1. The molecule has 2 fully saturated rings. The van der Waals surface area contributed by atoms with Crippen LogP contribution in [0.5, 0.6) is 0 Å². The molecule has 174 valence electrons. The maximum absolute atomic E-state index is 13.0. The lowest BCUT2D eigenvalue weighted by Crippen LogP contribution is -2.54. The molecule has 2 aromatic rings. The number of nitrogens with zero attached hydrogens (tertiary/aromatic N) is 2. The van der Waals surface area contributed by atoms with Crippen LogP contribution in [0.15, 0.2) is 24.3 Å². The van der Waals surface area contributed by atoms with Gasteiger partial charge in [0.05, 0.1) is 17.2 Å². The smallest absolute Gasteiger partial charge is 0.256 e. The number of rotatable bonds is 6. The predicted octanol–water partition coefficient (Wildman–Crippen LogP) is 3.03. The molecule has 1 aliphatic carbocycles. The van der Waals surface area contributed by atoms with E-state index < -0.39 is 6.17 Å². The van der Waals surface area contributed by atoms with Crippen molar-refractivity contribution < 1.29 is 9.90 Å². The molecule has 2 heterocycles. The first-order valence-electron chi connectivity index (χ1n) is 11.7.